The van der Waals surface area contributed by atoms with Crippen LogP contribution in [-0.2, 0) is 9.47 Å². The first kappa shape index (κ1) is 25.4. The van der Waals surface area contributed by atoms with Crippen LogP contribution in [0.5, 0.6) is 0 Å². The molecule has 162 valence electrons. The highest BCUT2D eigenvalue weighted by molar-refractivity contribution is 5.30. The molecule has 3 nitrogen and oxygen atoms in total. The Bertz CT molecular complexity index is 689. The molecule has 0 heterocycles. The zero-order valence-corrected chi connectivity index (χ0v) is 19.5. The van der Waals surface area contributed by atoms with Crippen molar-refractivity contribution in [3.05, 3.63) is 46.6 Å². The van der Waals surface area contributed by atoms with Crippen molar-refractivity contribution >= 4 is 0 Å². The third-order valence-electron chi connectivity index (χ3n) is 5.44. The largest absolute Gasteiger partial charge is 0.376 e. The minimum absolute atomic E-state index is 0.308. The van der Waals surface area contributed by atoms with Gasteiger partial charge in [0.2, 0.25) is 6.29 Å². The second-order valence-corrected chi connectivity index (χ2v) is 8.35. The fourth-order valence-corrected chi connectivity index (χ4v) is 3.59. The van der Waals surface area contributed by atoms with Gasteiger partial charge in [-0.05, 0) is 77.2 Å². The lowest BCUT2D eigenvalue weighted by Gasteiger charge is -2.34. The van der Waals surface area contributed by atoms with E-state index < -0.39 is 12.4 Å². The zero-order chi connectivity index (χ0) is 21.9. The summed E-state index contributed by atoms with van der Waals surface area (Å²) >= 11 is 0. The van der Waals surface area contributed by atoms with E-state index in [1.165, 1.54) is 24.8 Å². The maximum atomic E-state index is 10.2. The summed E-state index contributed by atoms with van der Waals surface area (Å²) in [6, 6.07) is 0. The topological polar surface area (TPSA) is 38.7 Å². The lowest BCUT2D eigenvalue weighted by molar-refractivity contribution is -0.0971. The van der Waals surface area contributed by atoms with Gasteiger partial charge in [-0.2, -0.15) is 0 Å². The molecular weight excluding hydrogens is 360 g/mol. The van der Waals surface area contributed by atoms with E-state index in [0.29, 0.717) is 18.6 Å². The standard InChI is InChI=1S/C26H40O3/c1-8-28-25(29-9-2)18-17-24(27)22(5)13-10-12-20(3)15-16-23-21(4)14-11-19-26(23,6)7/h10,12-13,15,24-25,27H,8-9,11,14,16,19H2,1-7H3/b12-10+,20-15+,22-13+. The molecule has 0 fully saturated rings. The molecule has 0 saturated carbocycles. The maximum Gasteiger partial charge on any atom is 0.222 e. The first-order chi connectivity index (χ1) is 13.7. The van der Waals surface area contributed by atoms with Crippen LogP contribution < -0.4 is 0 Å². The van der Waals surface area contributed by atoms with E-state index >= 15 is 0 Å². The van der Waals surface area contributed by atoms with Gasteiger partial charge in [0.05, 0.1) is 0 Å². The second-order valence-electron chi connectivity index (χ2n) is 8.35. The highest BCUT2D eigenvalue weighted by Gasteiger charge is 2.27. The molecule has 1 rings (SSSR count). The van der Waals surface area contributed by atoms with Crippen molar-refractivity contribution in [1.82, 2.24) is 0 Å². The summed E-state index contributed by atoms with van der Waals surface area (Å²) in [4.78, 5) is 0. The molecule has 29 heavy (non-hydrogen) atoms. The van der Waals surface area contributed by atoms with Crippen LogP contribution in [0.15, 0.2) is 46.6 Å². The lowest BCUT2D eigenvalue weighted by atomic mass is 9.71. The molecule has 1 aliphatic carbocycles. The van der Waals surface area contributed by atoms with Crippen LogP contribution >= 0.6 is 0 Å². The average molecular weight is 401 g/mol. The van der Waals surface area contributed by atoms with E-state index in [1.54, 1.807) is 11.1 Å². The maximum absolute atomic E-state index is 10.2. The van der Waals surface area contributed by atoms with Gasteiger partial charge in [-0.25, -0.2) is 0 Å². The number of allylic oxidation sites excluding steroid dienone is 7. The summed E-state index contributed by atoms with van der Waals surface area (Å²) in [6.07, 6.45) is 11.7. The number of hydrogen-bond acceptors (Lipinski definition) is 3. The van der Waals surface area contributed by atoms with E-state index in [2.05, 4.69) is 51.7 Å². The Morgan fingerprint density at radius 1 is 1.17 bits per heavy atom. The molecule has 0 aromatic rings. The van der Waals surface area contributed by atoms with E-state index in [-0.39, 0.29) is 0 Å². The third-order valence-corrected chi connectivity index (χ3v) is 5.44. The quantitative estimate of drug-likeness (QED) is 0.219. The van der Waals surface area contributed by atoms with Crippen LogP contribution in [0.2, 0.25) is 0 Å². The van der Waals surface area contributed by atoms with Crippen LogP contribution in [0, 0.1) is 17.3 Å². The fraction of sp³-hybridized carbons (Fsp3) is 0.615. The Labute approximate surface area is 178 Å². The van der Waals surface area contributed by atoms with Crippen molar-refractivity contribution in [2.45, 2.75) is 86.5 Å². The summed E-state index contributed by atoms with van der Waals surface area (Å²) < 4.78 is 10.7. The fourth-order valence-electron chi connectivity index (χ4n) is 3.59. The predicted octanol–water partition coefficient (Wildman–Crippen LogP) is 6.12. The smallest absolute Gasteiger partial charge is 0.222 e. The summed E-state index contributed by atoms with van der Waals surface area (Å²) in [6.45, 7) is 15.8. The van der Waals surface area contributed by atoms with Crippen LogP contribution in [0.4, 0.5) is 0 Å². The predicted molar refractivity (Wildman–Crippen MR) is 122 cm³/mol. The first-order valence-electron chi connectivity index (χ1n) is 10.8. The molecule has 3 heteroatoms. The summed E-state index contributed by atoms with van der Waals surface area (Å²) in [7, 11) is 0. The first-order valence-corrected chi connectivity index (χ1v) is 10.8. The number of hydrogen-bond donors (Lipinski definition) is 1. The average Bonchev–Trinajstić information content (AvgIpc) is 2.65. The number of aliphatic hydroxyl groups excluding tert-OH is 1. The molecule has 1 N–H and O–H groups in total. The molecule has 1 unspecified atom stereocenters. The Hall–Kier alpha value is -1.60. The van der Waals surface area contributed by atoms with Gasteiger partial charge in [-0.15, -0.1) is 0 Å². The van der Waals surface area contributed by atoms with Crippen molar-refractivity contribution in [3.8, 4) is 11.8 Å². The van der Waals surface area contributed by atoms with E-state index in [4.69, 9.17) is 9.47 Å². The van der Waals surface area contributed by atoms with E-state index in [1.807, 2.05) is 32.9 Å². The molecule has 0 aromatic carbocycles. The summed E-state index contributed by atoms with van der Waals surface area (Å²) in [5, 5.41) is 10.2. The van der Waals surface area contributed by atoms with E-state index in [9.17, 15) is 5.11 Å². The molecular formula is C26H40O3. The summed E-state index contributed by atoms with van der Waals surface area (Å²) in [5.74, 6) is 5.65. The van der Waals surface area contributed by atoms with Gasteiger partial charge < -0.3 is 14.6 Å². The van der Waals surface area contributed by atoms with Gasteiger partial charge in [0.1, 0.15) is 6.10 Å². The van der Waals surface area contributed by atoms with Gasteiger partial charge in [-0.1, -0.05) is 60.8 Å². The highest BCUT2D eigenvalue weighted by atomic mass is 16.7. The molecule has 1 aliphatic rings. The molecule has 0 spiro atoms. The van der Waals surface area contributed by atoms with Crippen molar-refractivity contribution in [2.75, 3.05) is 13.2 Å². The Morgan fingerprint density at radius 2 is 1.83 bits per heavy atom. The van der Waals surface area contributed by atoms with Gasteiger partial charge >= 0.3 is 0 Å². The lowest BCUT2D eigenvalue weighted by Crippen LogP contribution is -2.20. The Morgan fingerprint density at radius 3 is 2.41 bits per heavy atom. The molecule has 0 saturated heterocycles. The van der Waals surface area contributed by atoms with Crippen molar-refractivity contribution in [1.29, 1.82) is 0 Å². The minimum Gasteiger partial charge on any atom is -0.376 e. The van der Waals surface area contributed by atoms with Gasteiger partial charge in [0.25, 0.3) is 0 Å². The number of rotatable bonds is 9. The second kappa shape index (κ2) is 12.9. The Balaban J connectivity index is 2.70. The molecule has 0 aliphatic heterocycles. The van der Waals surface area contributed by atoms with Crippen LogP contribution in [0.25, 0.3) is 0 Å². The molecule has 0 amide bonds. The monoisotopic (exact) mass is 400 g/mol. The van der Waals surface area contributed by atoms with Gasteiger partial charge in [0.15, 0.2) is 0 Å². The zero-order valence-electron chi connectivity index (χ0n) is 19.5. The molecule has 0 aromatic heterocycles. The molecule has 0 radical (unpaired) electrons. The van der Waals surface area contributed by atoms with Crippen molar-refractivity contribution in [2.24, 2.45) is 5.41 Å². The van der Waals surface area contributed by atoms with E-state index in [0.717, 1.165) is 12.0 Å². The van der Waals surface area contributed by atoms with Crippen molar-refractivity contribution < 1.29 is 14.6 Å². The molecule has 1 atom stereocenters. The van der Waals surface area contributed by atoms with Crippen LogP contribution in [0.1, 0.15) is 74.1 Å². The highest BCUT2D eigenvalue weighted by Crippen LogP contribution is 2.41. The number of aliphatic hydroxyl groups is 1. The third kappa shape index (κ3) is 9.17. The molecule has 0 bridgehead atoms. The van der Waals surface area contributed by atoms with Crippen LogP contribution in [0.3, 0.4) is 0 Å². The Kier molecular flexibility index (Phi) is 11.3. The normalized spacial score (nSPS) is 18.9. The summed E-state index contributed by atoms with van der Waals surface area (Å²) in [5.41, 5.74) is 5.48. The minimum atomic E-state index is -0.830. The van der Waals surface area contributed by atoms with Crippen LogP contribution in [-0.4, -0.2) is 30.7 Å². The SMILES string of the molecule is CCOC(C#CC(O)/C(C)=C/C=C/C(C)=C/CC1=C(C)CCCC1(C)C)OCC. The number of ether oxygens (including phenoxy) is 2. The van der Waals surface area contributed by atoms with Gasteiger partial charge in [0, 0.05) is 13.2 Å². The van der Waals surface area contributed by atoms with Gasteiger partial charge in [-0.3, -0.25) is 0 Å². The van der Waals surface area contributed by atoms with Crippen molar-refractivity contribution in [3.63, 3.8) is 0 Å².